The molecular formula is C16H13N3OS. The molecule has 2 N–H and O–H groups in total. The van der Waals surface area contributed by atoms with Gasteiger partial charge in [-0.05, 0) is 29.8 Å². The highest BCUT2D eigenvalue weighted by molar-refractivity contribution is 7.16. The zero-order valence-corrected chi connectivity index (χ0v) is 12.0. The minimum Gasteiger partial charge on any atom is -0.373 e. The molecule has 1 aromatic heterocycles. The van der Waals surface area contributed by atoms with Crippen molar-refractivity contribution in [2.75, 3.05) is 10.6 Å². The van der Waals surface area contributed by atoms with Crippen LogP contribution in [0.15, 0.2) is 48.0 Å². The normalized spacial score (nSPS) is 16.5. The van der Waals surface area contributed by atoms with Gasteiger partial charge in [0.25, 0.3) is 0 Å². The number of nitrogens with one attached hydrogen (secondary N) is 2. The molecule has 1 aliphatic rings. The highest BCUT2D eigenvalue weighted by atomic mass is 32.1. The molecule has 0 aliphatic carbocycles. The molecule has 3 aromatic rings. The topological polar surface area (TPSA) is 54.0 Å². The van der Waals surface area contributed by atoms with Gasteiger partial charge >= 0.3 is 0 Å². The molecule has 0 spiro atoms. The summed E-state index contributed by atoms with van der Waals surface area (Å²) in [7, 11) is 0. The number of aromatic nitrogens is 1. The molecule has 1 atom stereocenters. The molecule has 2 heterocycles. The van der Waals surface area contributed by atoms with Crippen LogP contribution in [0.2, 0.25) is 0 Å². The SMILES string of the molecule is O=C(Nc1ccc2ncsc2c1)C1Cc2ccccc2N1. The summed E-state index contributed by atoms with van der Waals surface area (Å²) in [5.74, 6) is -0.00457. The van der Waals surface area contributed by atoms with Gasteiger partial charge in [0, 0.05) is 17.8 Å². The Bertz CT molecular complexity index is 802. The number of thiazole rings is 1. The zero-order chi connectivity index (χ0) is 14.2. The molecular weight excluding hydrogens is 282 g/mol. The van der Waals surface area contributed by atoms with E-state index in [1.807, 2.05) is 41.9 Å². The van der Waals surface area contributed by atoms with E-state index in [0.29, 0.717) is 0 Å². The summed E-state index contributed by atoms with van der Waals surface area (Å²) in [5, 5.41) is 6.24. The second-order valence-electron chi connectivity index (χ2n) is 5.08. The fourth-order valence-electron chi connectivity index (χ4n) is 2.62. The van der Waals surface area contributed by atoms with Crippen molar-refractivity contribution >= 4 is 38.8 Å². The predicted octanol–water partition coefficient (Wildman–Crippen LogP) is 3.27. The average molecular weight is 295 g/mol. The maximum Gasteiger partial charge on any atom is 0.247 e. The third-order valence-electron chi connectivity index (χ3n) is 3.69. The smallest absolute Gasteiger partial charge is 0.247 e. The molecule has 4 rings (SSSR count). The lowest BCUT2D eigenvalue weighted by Gasteiger charge is -2.12. The predicted molar refractivity (Wildman–Crippen MR) is 85.8 cm³/mol. The standard InChI is InChI=1S/C16H13N3OS/c20-16(14-7-10-3-1-2-4-12(10)19-14)18-11-5-6-13-15(8-11)21-9-17-13/h1-6,8-9,14,19H,7H2,(H,18,20). The first-order valence-corrected chi connectivity index (χ1v) is 7.66. The summed E-state index contributed by atoms with van der Waals surface area (Å²) < 4.78 is 1.08. The quantitative estimate of drug-likeness (QED) is 0.763. The largest absolute Gasteiger partial charge is 0.373 e. The van der Waals surface area contributed by atoms with Gasteiger partial charge in [-0.1, -0.05) is 18.2 Å². The lowest BCUT2D eigenvalue weighted by Crippen LogP contribution is -2.32. The van der Waals surface area contributed by atoms with Gasteiger partial charge in [0.2, 0.25) is 5.91 Å². The van der Waals surface area contributed by atoms with E-state index >= 15 is 0 Å². The van der Waals surface area contributed by atoms with E-state index in [9.17, 15) is 4.79 Å². The van der Waals surface area contributed by atoms with Crippen molar-refractivity contribution in [3.05, 3.63) is 53.5 Å². The number of rotatable bonds is 2. The summed E-state index contributed by atoms with van der Waals surface area (Å²) >= 11 is 1.57. The van der Waals surface area contributed by atoms with Gasteiger partial charge < -0.3 is 10.6 Å². The Labute approximate surface area is 125 Å². The van der Waals surface area contributed by atoms with E-state index in [2.05, 4.69) is 21.7 Å². The van der Waals surface area contributed by atoms with Crippen LogP contribution in [-0.2, 0) is 11.2 Å². The second kappa shape index (κ2) is 4.86. The molecule has 0 radical (unpaired) electrons. The Kier molecular flexibility index (Phi) is 2.86. The van der Waals surface area contributed by atoms with Crippen molar-refractivity contribution in [3.8, 4) is 0 Å². The van der Waals surface area contributed by atoms with E-state index in [0.717, 1.165) is 28.0 Å². The fourth-order valence-corrected chi connectivity index (χ4v) is 3.33. The molecule has 1 unspecified atom stereocenters. The van der Waals surface area contributed by atoms with Crippen LogP contribution in [0.5, 0.6) is 0 Å². The third kappa shape index (κ3) is 2.25. The summed E-state index contributed by atoms with van der Waals surface area (Å²) in [6.45, 7) is 0. The van der Waals surface area contributed by atoms with Crippen molar-refractivity contribution in [1.29, 1.82) is 0 Å². The number of hydrogen-bond acceptors (Lipinski definition) is 4. The maximum absolute atomic E-state index is 12.4. The number of fused-ring (bicyclic) bond motifs is 2. The van der Waals surface area contributed by atoms with Crippen LogP contribution in [0.4, 0.5) is 11.4 Å². The molecule has 104 valence electrons. The first kappa shape index (κ1) is 12.3. The number of anilines is 2. The zero-order valence-electron chi connectivity index (χ0n) is 11.2. The van der Waals surface area contributed by atoms with Crippen molar-refractivity contribution in [3.63, 3.8) is 0 Å². The van der Waals surface area contributed by atoms with E-state index in [1.165, 1.54) is 5.56 Å². The minimum absolute atomic E-state index is 0.00457. The van der Waals surface area contributed by atoms with Crippen molar-refractivity contribution < 1.29 is 4.79 Å². The fraction of sp³-hybridized carbons (Fsp3) is 0.125. The van der Waals surface area contributed by atoms with Crippen LogP contribution >= 0.6 is 11.3 Å². The number of carbonyl (C=O) groups excluding carboxylic acids is 1. The maximum atomic E-state index is 12.4. The van der Waals surface area contributed by atoms with Gasteiger partial charge in [-0.15, -0.1) is 11.3 Å². The molecule has 0 bridgehead atoms. The summed E-state index contributed by atoms with van der Waals surface area (Å²) in [6, 6.07) is 13.6. The lowest BCUT2D eigenvalue weighted by atomic mass is 10.1. The number of carbonyl (C=O) groups is 1. The number of amides is 1. The van der Waals surface area contributed by atoms with E-state index in [1.54, 1.807) is 11.3 Å². The van der Waals surface area contributed by atoms with Crippen molar-refractivity contribution in [2.45, 2.75) is 12.5 Å². The minimum atomic E-state index is -0.209. The molecule has 4 nitrogen and oxygen atoms in total. The van der Waals surface area contributed by atoms with E-state index in [4.69, 9.17) is 0 Å². The number of para-hydroxylation sites is 1. The second-order valence-corrected chi connectivity index (χ2v) is 5.97. The number of nitrogens with zero attached hydrogens (tertiary/aromatic N) is 1. The molecule has 5 heteroatoms. The summed E-state index contributed by atoms with van der Waals surface area (Å²) in [4.78, 5) is 16.6. The van der Waals surface area contributed by atoms with Gasteiger partial charge in [0.1, 0.15) is 6.04 Å². The highest BCUT2D eigenvalue weighted by Gasteiger charge is 2.26. The van der Waals surface area contributed by atoms with Crippen molar-refractivity contribution in [1.82, 2.24) is 4.98 Å². The third-order valence-corrected chi connectivity index (χ3v) is 4.48. The summed E-state index contributed by atoms with van der Waals surface area (Å²) in [5.41, 5.74) is 5.83. The van der Waals surface area contributed by atoms with Gasteiger partial charge in [0.15, 0.2) is 0 Å². The summed E-state index contributed by atoms with van der Waals surface area (Å²) in [6.07, 6.45) is 0.727. The van der Waals surface area contributed by atoms with Crippen LogP contribution in [0, 0.1) is 0 Å². The Balaban J connectivity index is 1.51. The van der Waals surface area contributed by atoms with Gasteiger partial charge in [-0.2, -0.15) is 0 Å². The van der Waals surface area contributed by atoms with Gasteiger partial charge in [-0.3, -0.25) is 4.79 Å². The molecule has 21 heavy (non-hydrogen) atoms. The number of benzene rings is 2. The highest BCUT2D eigenvalue weighted by Crippen LogP contribution is 2.26. The van der Waals surface area contributed by atoms with Gasteiger partial charge in [0.05, 0.1) is 15.7 Å². The molecule has 0 saturated carbocycles. The van der Waals surface area contributed by atoms with Crippen LogP contribution < -0.4 is 10.6 Å². The molecule has 1 amide bonds. The monoisotopic (exact) mass is 295 g/mol. The van der Waals surface area contributed by atoms with Gasteiger partial charge in [-0.25, -0.2) is 4.98 Å². The Morgan fingerprint density at radius 3 is 3.10 bits per heavy atom. The van der Waals surface area contributed by atoms with Crippen molar-refractivity contribution in [2.24, 2.45) is 0 Å². The molecule has 1 aliphatic heterocycles. The Morgan fingerprint density at radius 2 is 2.19 bits per heavy atom. The first-order chi connectivity index (χ1) is 10.3. The van der Waals surface area contributed by atoms with E-state index < -0.39 is 0 Å². The van der Waals surface area contributed by atoms with Crippen LogP contribution in [0.1, 0.15) is 5.56 Å². The lowest BCUT2D eigenvalue weighted by molar-refractivity contribution is -0.116. The Morgan fingerprint density at radius 1 is 1.29 bits per heavy atom. The van der Waals surface area contributed by atoms with E-state index in [-0.39, 0.29) is 11.9 Å². The molecule has 0 saturated heterocycles. The van der Waals surface area contributed by atoms with Crippen LogP contribution in [0.25, 0.3) is 10.2 Å². The van der Waals surface area contributed by atoms with Crippen LogP contribution in [-0.4, -0.2) is 16.9 Å². The van der Waals surface area contributed by atoms with Crippen LogP contribution in [0.3, 0.4) is 0 Å². The first-order valence-electron chi connectivity index (χ1n) is 6.78. The molecule has 2 aromatic carbocycles. The number of hydrogen-bond donors (Lipinski definition) is 2. The average Bonchev–Trinajstić information content (AvgIpc) is 3.13. The Hall–Kier alpha value is -2.40. The molecule has 0 fully saturated rings.